The quantitative estimate of drug-likeness (QED) is 0.144. The smallest absolute Gasteiger partial charge is 0.136 e. The number of rotatable bonds is 9. The molecular weight excluding hydrogens is 837 g/mol. The van der Waals surface area contributed by atoms with Crippen LogP contribution in [0.5, 0.6) is 0 Å². The zero-order chi connectivity index (χ0) is 45.7. The molecule has 2 heterocycles. The van der Waals surface area contributed by atoms with Crippen LogP contribution in [0.15, 0.2) is 271 Å². The first-order valence-electron chi connectivity index (χ1n) is 23.6. The van der Waals surface area contributed by atoms with Gasteiger partial charge in [0.25, 0.3) is 0 Å². The number of furan rings is 1. The Labute approximate surface area is 401 Å². The van der Waals surface area contributed by atoms with Crippen LogP contribution in [0.25, 0.3) is 105 Å². The van der Waals surface area contributed by atoms with Crippen molar-refractivity contribution < 1.29 is 4.42 Å². The van der Waals surface area contributed by atoms with Crippen molar-refractivity contribution in [2.75, 3.05) is 4.90 Å². The molecule has 0 aliphatic rings. The Morgan fingerprint density at radius 1 is 0.275 bits per heavy atom. The van der Waals surface area contributed by atoms with Gasteiger partial charge in [-0.15, -0.1) is 0 Å². The number of aromatic nitrogens is 1. The summed E-state index contributed by atoms with van der Waals surface area (Å²) >= 11 is 0. The van der Waals surface area contributed by atoms with Crippen molar-refractivity contribution in [2.24, 2.45) is 0 Å². The topological polar surface area (TPSA) is 21.3 Å². The third-order valence-electron chi connectivity index (χ3n) is 13.6. The maximum Gasteiger partial charge on any atom is 0.136 e. The lowest BCUT2D eigenvalue weighted by molar-refractivity contribution is 0.669. The first-order chi connectivity index (χ1) is 34.2. The second-order valence-electron chi connectivity index (χ2n) is 17.7. The summed E-state index contributed by atoms with van der Waals surface area (Å²) in [4.78, 5) is 2.37. The highest BCUT2D eigenvalue weighted by Gasteiger charge is 2.19. The largest absolute Gasteiger partial charge is 0.456 e. The van der Waals surface area contributed by atoms with Crippen LogP contribution in [0, 0.1) is 0 Å². The molecule has 0 radical (unpaired) electrons. The predicted molar refractivity (Wildman–Crippen MR) is 290 cm³/mol. The van der Waals surface area contributed by atoms with Gasteiger partial charge in [-0.3, -0.25) is 0 Å². The van der Waals surface area contributed by atoms with E-state index in [0.29, 0.717) is 0 Å². The van der Waals surface area contributed by atoms with Gasteiger partial charge in [-0.05, 0) is 129 Å². The van der Waals surface area contributed by atoms with E-state index >= 15 is 0 Å². The predicted octanol–water partition coefficient (Wildman–Crippen LogP) is 18.5. The van der Waals surface area contributed by atoms with Crippen LogP contribution in [0.3, 0.4) is 0 Å². The molecule has 13 aromatic rings. The van der Waals surface area contributed by atoms with E-state index < -0.39 is 0 Å². The molecule has 0 atom stereocenters. The average Bonchev–Trinajstić information content (AvgIpc) is 3.97. The molecule has 0 fully saturated rings. The van der Waals surface area contributed by atoms with Crippen molar-refractivity contribution in [3.63, 3.8) is 0 Å². The molecule has 0 bridgehead atoms. The van der Waals surface area contributed by atoms with Gasteiger partial charge in [-0.25, -0.2) is 0 Å². The monoisotopic (exact) mass is 880 g/mol. The minimum Gasteiger partial charge on any atom is -0.456 e. The third-order valence-corrected chi connectivity index (χ3v) is 13.6. The van der Waals surface area contributed by atoms with Crippen molar-refractivity contribution in [2.45, 2.75) is 0 Å². The Balaban J connectivity index is 0.852. The summed E-state index contributed by atoms with van der Waals surface area (Å²) in [5, 5.41) is 4.77. The number of benzene rings is 11. The van der Waals surface area contributed by atoms with Crippen molar-refractivity contribution in [1.82, 2.24) is 4.57 Å². The van der Waals surface area contributed by atoms with E-state index in [1.807, 2.05) is 12.1 Å². The summed E-state index contributed by atoms with van der Waals surface area (Å²) in [5.74, 6) is 0. The van der Waals surface area contributed by atoms with Gasteiger partial charge in [0.2, 0.25) is 0 Å². The number of nitrogens with zero attached hydrogens (tertiary/aromatic N) is 2. The Bertz CT molecular complexity index is 3940. The van der Waals surface area contributed by atoms with Crippen LogP contribution in [0.4, 0.5) is 17.1 Å². The highest BCUT2D eigenvalue weighted by atomic mass is 16.3. The lowest BCUT2D eigenvalue weighted by Crippen LogP contribution is -2.11. The van der Waals surface area contributed by atoms with Gasteiger partial charge in [0.15, 0.2) is 0 Å². The van der Waals surface area contributed by atoms with Crippen LogP contribution in [-0.2, 0) is 0 Å². The lowest BCUT2D eigenvalue weighted by Gasteiger charge is -2.28. The highest BCUT2D eigenvalue weighted by molar-refractivity contribution is 6.09. The van der Waals surface area contributed by atoms with Crippen LogP contribution in [0.2, 0.25) is 0 Å². The molecule has 0 amide bonds. The second kappa shape index (κ2) is 16.9. The minimum absolute atomic E-state index is 0.878. The molecule has 3 heteroatoms. The fourth-order valence-corrected chi connectivity index (χ4v) is 10.2. The van der Waals surface area contributed by atoms with E-state index in [4.69, 9.17) is 4.42 Å². The molecular formula is C66H44N2O. The molecule has 0 saturated carbocycles. The maximum absolute atomic E-state index is 6.40. The van der Waals surface area contributed by atoms with E-state index in [9.17, 15) is 0 Å². The Morgan fingerprint density at radius 3 is 1.38 bits per heavy atom. The van der Waals surface area contributed by atoms with Gasteiger partial charge in [-0.2, -0.15) is 0 Å². The van der Waals surface area contributed by atoms with Crippen LogP contribution in [0.1, 0.15) is 0 Å². The number of anilines is 3. The van der Waals surface area contributed by atoms with E-state index in [2.05, 4.69) is 264 Å². The molecule has 0 saturated heterocycles. The van der Waals surface area contributed by atoms with Crippen molar-refractivity contribution in [3.8, 4) is 61.3 Å². The van der Waals surface area contributed by atoms with Crippen molar-refractivity contribution in [1.29, 1.82) is 0 Å². The summed E-state index contributed by atoms with van der Waals surface area (Å²) in [6, 6.07) is 96.1. The Morgan fingerprint density at radius 2 is 0.725 bits per heavy atom. The summed E-state index contributed by atoms with van der Waals surface area (Å²) in [6.07, 6.45) is 0. The standard InChI is InChI=1S/C66H44N2O/c1-2-14-45(15-3-1)50-16-12-17-51(42-50)49-34-39-55(40-35-49)67(62-24-8-4-20-57(62)53-36-41-61-60-23-7-11-27-65(60)69-66(61)44-53)54-37-32-47(33-38-54)46-28-30-48(31-29-46)52-18-13-19-56(43-52)68-63-25-9-5-21-58(63)59-22-6-10-26-64(59)68/h1-44H. The lowest BCUT2D eigenvalue weighted by atomic mass is 9.98. The SMILES string of the molecule is c1ccc(-c2cccc(-c3ccc(N(c4ccc(-c5ccc(-c6cccc(-n7c8ccccc8c8ccccc87)c6)cc5)cc4)c4ccccc4-c4ccc5c(c4)oc4ccccc45)cc3)c2)cc1. The van der Waals surface area contributed by atoms with Gasteiger partial charge in [0.1, 0.15) is 11.2 Å². The van der Waals surface area contributed by atoms with E-state index in [-0.39, 0.29) is 0 Å². The summed E-state index contributed by atoms with van der Waals surface area (Å²) in [6.45, 7) is 0. The van der Waals surface area contributed by atoms with Crippen LogP contribution < -0.4 is 4.90 Å². The molecule has 0 N–H and O–H groups in total. The number of para-hydroxylation sites is 4. The molecule has 324 valence electrons. The van der Waals surface area contributed by atoms with Crippen molar-refractivity contribution >= 4 is 60.8 Å². The van der Waals surface area contributed by atoms with Gasteiger partial charge in [0, 0.05) is 44.2 Å². The first-order valence-corrected chi connectivity index (χ1v) is 23.6. The molecule has 0 aliphatic carbocycles. The summed E-state index contributed by atoms with van der Waals surface area (Å²) < 4.78 is 8.78. The second-order valence-corrected chi connectivity index (χ2v) is 17.7. The van der Waals surface area contributed by atoms with Crippen LogP contribution in [-0.4, -0.2) is 4.57 Å². The maximum atomic E-state index is 6.40. The molecule has 0 aliphatic heterocycles. The fraction of sp³-hybridized carbons (Fsp3) is 0. The normalized spacial score (nSPS) is 11.5. The Hall–Kier alpha value is -9.18. The van der Waals surface area contributed by atoms with E-state index in [1.165, 1.54) is 49.6 Å². The third kappa shape index (κ3) is 7.25. The highest BCUT2D eigenvalue weighted by Crippen LogP contribution is 2.43. The number of hydrogen-bond donors (Lipinski definition) is 0. The average molecular weight is 881 g/mol. The zero-order valence-corrected chi connectivity index (χ0v) is 37.7. The molecule has 69 heavy (non-hydrogen) atoms. The zero-order valence-electron chi connectivity index (χ0n) is 37.7. The number of fused-ring (bicyclic) bond motifs is 6. The van der Waals surface area contributed by atoms with E-state index in [1.54, 1.807) is 0 Å². The molecule has 0 spiro atoms. The first kappa shape index (κ1) is 40.1. The Kier molecular flexibility index (Phi) is 9.84. The molecule has 3 nitrogen and oxygen atoms in total. The molecule has 13 rings (SSSR count). The molecule has 11 aromatic carbocycles. The summed E-state index contributed by atoms with van der Waals surface area (Å²) in [5.41, 5.74) is 20.2. The van der Waals surface area contributed by atoms with Gasteiger partial charge in [0.05, 0.1) is 16.7 Å². The van der Waals surface area contributed by atoms with Crippen LogP contribution >= 0.6 is 0 Å². The van der Waals surface area contributed by atoms with Crippen molar-refractivity contribution in [3.05, 3.63) is 267 Å². The molecule has 2 aromatic heterocycles. The number of hydrogen-bond acceptors (Lipinski definition) is 2. The van der Waals surface area contributed by atoms with Gasteiger partial charge < -0.3 is 13.9 Å². The molecule has 0 unspecified atom stereocenters. The van der Waals surface area contributed by atoms with Gasteiger partial charge >= 0.3 is 0 Å². The van der Waals surface area contributed by atoms with Gasteiger partial charge in [-0.1, -0.05) is 188 Å². The van der Waals surface area contributed by atoms with E-state index in [0.717, 1.165) is 72.5 Å². The minimum atomic E-state index is 0.878. The fourth-order valence-electron chi connectivity index (χ4n) is 10.2. The summed E-state index contributed by atoms with van der Waals surface area (Å²) in [7, 11) is 0.